The van der Waals surface area contributed by atoms with Gasteiger partial charge in [-0.2, -0.15) is 0 Å². The van der Waals surface area contributed by atoms with Crippen molar-refractivity contribution < 1.29 is 14.7 Å². The highest BCUT2D eigenvalue weighted by atomic mass is 16.4. The van der Waals surface area contributed by atoms with Crippen LogP contribution >= 0.6 is 0 Å². The summed E-state index contributed by atoms with van der Waals surface area (Å²) in [4.78, 5) is 27.0. The topological polar surface area (TPSA) is 73.4 Å². The number of unbranched alkanes of at least 4 members (excludes halogenated alkanes) is 1. The first-order valence-electron chi connectivity index (χ1n) is 6.29. The van der Waals surface area contributed by atoms with E-state index in [0.717, 1.165) is 19.3 Å². The van der Waals surface area contributed by atoms with Crippen LogP contribution in [0.4, 0.5) is 0 Å². The molecule has 0 aromatic carbocycles. The first kappa shape index (κ1) is 12.7. The minimum Gasteiger partial charge on any atom is -0.481 e. The molecule has 1 aromatic heterocycles. The Balaban J connectivity index is 1.68. The SMILES string of the molecule is O=C(O)C1CC(=O)N(CCCCc2cc[nH]c2)C1. The van der Waals surface area contributed by atoms with E-state index in [1.54, 1.807) is 4.90 Å². The maximum absolute atomic E-state index is 11.6. The number of nitrogens with one attached hydrogen (secondary N) is 1. The van der Waals surface area contributed by atoms with E-state index >= 15 is 0 Å². The summed E-state index contributed by atoms with van der Waals surface area (Å²) in [5, 5.41) is 8.86. The molecule has 1 fully saturated rings. The summed E-state index contributed by atoms with van der Waals surface area (Å²) >= 11 is 0. The number of carbonyl (C=O) groups excluding carboxylic acids is 1. The lowest BCUT2D eigenvalue weighted by Crippen LogP contribution is -2.27. The Morgan fingerprint density at radius 3 is 2.94 bits per heavy atom. The number of aromatic amines is 1. The van der Waals surface area contributed by atoms with Gasteiger partial charge in [0.1, 0.15) is 0 Å². The predicted molar refractivity (Wildman–Crippen MR) is 66.1 cm³/mol. The number of hydrogen-bond donors (Lipinski definition) is 2. The van der Waals surface area contributed by atoms with Crippen molar-refractivity contribution in [2.45, 2.75) is 25.7 Å². The van der Waals surface area contributed by atoms with Gasteiger partial charge in [-0.1, -0.05) is 0 Å². The van der Waals surface area contributed by atoms with Crippen molar-refractivity contribution >= 4 is 11.9 Å². The second-order valence-electron chi connectivity index (χ2n) is 4.76. The van der Waals surface area contributed by atoms with Gasteiger partial charge in [0.05, 0.1) is 5.92 Å². The van der Waals surface area contributed by atoms with E-state index in [1.807, 2.05) is 18.5 Å². The minimum absolute atomic E-state index is 0.0240. The molecule has 0 bridgehead atoms. The zero-order valence-corrected chi connectivity index (χ0v) is 10.3. The summed E-state index contributed by atoms with van der Waals surface area (Å²) in [5.41, 5.74) is 1.27. The van der Waals surface area contributed by atoms with Crippen molar-refractivity contribution in [2.24, 2.45) is 5.92 Å². The smallest absolute Gasteiger partial charge is 0.308 e. The van der Waals surface area contributed by atoms with E-state index in [0.29, 0.717) is 13.1 Å². The fourth-order valence-corrected chi connectivity index (χ4v) is 2.30. The molecule has 2 rings (SSSR count). The molecule has 18 heavy (non-hydrogen) atoms. The number of likely N-dealkylation sites (tertiary alicyclic amines) is 1. The van der Waals surface area contributed by atoms with Crippen molar-refractivity contribution in [3.8, 4) is 0 Å². The number of aryl methyl sites for hydroxylation is 1. The number of carboxylic acids is 1. The second-order valence-corrected chi connectivity index (χ2v) is 4.76. The molecular weight excluding hydrogens is 232 g/mol. The molecule has 5 heteroatoms. The molecule has 0 radical (unpaired) electrons. The van der Waals surface area contributed by atoms with E-state index in [2.05, 4.69) is 4.98 Å². The molecule has 0 spiro atoms. The number of nitrogens with zero attached hydrogens (tertiary/aromatic N) is 1. The number of rotatable bonds is 6. The molecule has 98 valence electrons. The second kappa shape index (κ2) is 5.71. The highest BCUT2D eigenvalue weighted by molar-refractivity contribution is 5.86. The lowest BCUT2D eigenvalue weighted by Gasteiger charge is -2.15. The van der Waals surface area contributed by atoms with Crippen LogP contribution in [-0.4, -0.2) is 40.0 Å². The van der Waals surface area contributed by atoms with Gasteiger partial charge in [0.15, 0.2) is 0 Å². The van der Waals surface area contributed by atoms with Gasteiger partial charge >= 0.3 is 5.97 Å². The molecule has 5 nitrogen and oxygen atoms in total. The molecule has 2 N–H and O–H groups in total. The summed E-state index contributed by atoms with van der Waals surface area (Å²) in [6.45, 7) is 1.05. The lowest BCUT2D eigenvalue weighted by atomic mass is 10.1. The van der Waals surface area contributed by atoms with Crippen molar-refractivity contribution in [3.63, 3.8) is 0 Å². The number of H-pyrrole nitrogens is 1. The van der Waals surface area contributed by atoms with Crippen LogP contribution in [-0.2, 0) is 16.0 Å². The molecule has 0 saturated carbocycles. The van der Waals surface area contributed by atoms with Gasteiger partial charge in [-0.15, -0.1) is 0 Å². The van der Waals surface area contributed by atoms with E-state index in [9.17, 15) is 9.59 Å². The zero-order chi connectivity index (χ0) is 13.0. The third-order valence-corrected chi connectivity index (χ3v) is 3.37. The van der Waals surface area contributed by atoms with E-state index in [-0.39, 0.29) is 12.3 Å². The summed E-state index contributed by atoms with van der Waals surface area (Å²) in [6.07, 6.45) is 6.96. The highest BCUT2D eigenvalue weighted by Gasteiger charge is 2.33. The number of amides is 1. The van der Waals surface area contributed by atoms with Gasteiger partial charge in [0.2, 0.25) is 5.91 Å². The Morgan fingerprint density at radius 1 is 1.50 bits per heavy atom. The quantitative estimate of drug-likeness (QED) is 0.747. The van der Waals surface area contributed by atoms with Crippen LogP contribution in [0.1, 0.15) is 24.8 Å². The predicted octanol–water partition coefficient (Wildman–Crippen LogP) is 1.27. The molecule has 1 atom stereocenters. The first-order chi connectivity index (χ1) is 8.66. The average molecular weight is 250 g/mol. The number of carbonyl (C=O) groups is 2. The molecule has 1 unspecified atom stereocenters. The maximum atomic E-state index is 11.6. The Labute approximate surface area is 106 Å². The number of aliphatic carboxylic acids is 1. The van der Waals surface area contributed by atoms with Gasteiger partial charge in [-0.05, 0) is 30.9 Å². The number of aromatic nitrogens is 1. The van der Waals surface area contributed by atoms with Crippen LogP contribution in [0.5, 0.6) is 0 Å². The van der Waals surface area contributed by atoms with E-state index < -0.39 is 11.9 Å². The third-order valence-electron chi connectivity index (χ3n) is 3.37. The standard InChI is InChI=1S/C13H18N2O3/c16-12-7-11(13(17)18)9-15(12)6-2-1-3-10-4-5-14-8-10/h4-5,8,11,14H,1-3,6-7,9H2,(H,17,18). The molecule has 1 amide bonds. The van der Waals surface area contributed by atoms with Crippen molar-refractivity contribution in [1.82, 2.24) is 9.88 Å². The van der Waals surface area contributed by atoms with Crippen molar-refractivity contribution in [2.75, 3.05) is 13.1 Å². The Bertz CT molecular complexity index is 414. The fourth-order valence-electron chi connectivity index (χ4n) is 2.30. The number of hydrogen-bond acceptors (Lipinski definition) is 2. The molecule has 1 aliphatic rings. The van der Waals surface area contributed by atoms with Crippen LogP contribution in [0.2, 0.25) is 0 Å². The number of carboxylic acid groups (broad SMARTS) is 1. The van der Waals surface area contributed by atoms with Crippen LogP contribution in [0.15, 0.2) is 18.5 Å². The van der Waals surface area contributed by atoms with E-state index in [4.69, 9.17) is 5.11 Å². The molecule has 2 heterocycles. The Morgan fingerprint density at radius 2 is 2.33 bits per heavy atom. The van der Waals surface area contributed by atoms with Gasteiger partial charge < -0.3 is 15.0 Å². The molecule has 1 aromatic rings. The average Bonchev–Trinajstić information content (AvgIpc) is 2.94. The molecule has 1 saturated heterocycles. The van der Waals surface area contributed by atoms with E-state index in [1.165, 1.54) is 5.56 Å². The van der Waals surface area contributed by atoms with Crippen LogP contribution < -0.4 is 0 Å². The van der Waals surface area contributed by atoms with Gasteiger partial charge in [-0.3, -0.25) is 9.59 Å². The summed E-state index contributed by atoms with van der Waals surface area (Å²) < 4.78 is 0. The largest absolute Gasteiger partial charge is 0.481 e. The van der Waals surface area contributed by atoms with Crippen molar-refractivity contribution in [3.05, 3.63) is 24.0 Å². The van der Waals surface area contributed by atoms with Gasteiger partial charge in [-0.25, -0.2) is 0 Å². The third kappa shape index (κ3) is 3.12. The first-order valence-corrected chi connectivity index (χ1v) is 6.29. The monoisotopic (exact) mass is 250 g/mol. The molecular formula is C13H18N2O3. The maximum Gasteiger partial charge on any atom is 0.308 e. The normalized spacial score (nSPS) is 19.4. The van der Waals surface area contributed by atoms with Gasteiger partial charge in [0, 0.05) is 31.9 Å². The van der Waals surface area contributed by atoms with Crippen LogP contribution in [0.25, 0.3) is 0 Å². The summed E-state index contributed by atoms with van der Waals surface area (Å²) in [5.74, 6) is -1.40. The minimum atomic E-state index is -0.863. The lowest BCUT2D eigenvalue weighted by molar-refractivity contribution is -0.141. The van der Waals surface area contributed by atoms with Crippen LogP contribution in [0, 0.1) is 5.92 Å². The summed E-state index contributed by atoms with van der Waals surface area (Å²) in [6, 6.07) is 2.04. The highest BCUT2D eigenvalue weighted by Crippen LogP contribution is 2.18. The van der Waals surface area contributed by atoms with Crippen LogP contribution in [0.3, 0.4) is 0 Å². The Hall–Kier alpha value is -1.78. The molecule has 0 aliphatic carbocycles. The van der Waals surface area contributed by atoms with Gasteiger partial charge in [0.25, 0.3) is 0 Å². The molecule has 1 aliphatic heterocycles. The summed E-state index contributed by atoms with van der Waals surface area (Å²) in [7, 11) is 0. The zero-order valence-electron chi connectivity index (χ0n) is 10.3. The fraction of sp³-hybridized carbons (Fsp3) is 0.538. The van der Waals surface area contributed by atoms with Crippen molar-refractivity contribution in [1.29, 1.82) is 0 Å². The Kier molecular flexibility index (Phi) is 4.02.